The predicted octanol–water partition coefficient (Wildman–Crippen LogP) is 2.43. The van der Waals surface area contributed by atoms with Gasteiger partial charge in [-0.1, -0.05) is 11.6 Å². The van der Waals surface area contributed by atoms with Gasteiger partial charge in [0, 0.05) is 5.02 Å². The van der Waals surface area contributed by atoms with Gasteiger partial charge in [-0.05, 0) is 12.1 Å². The number of benzene rings is 1. The number of nitriles is 2. The predicted molar refractivity (Wildman–Crippen MR) is 53.7 cm³/mol. The molecule has 0 saturated carbocycles. The maximum atomic E-state index is 13.1. The molecule has 1 rings (SSSR count). The van der Waals surface area contributed by atoms with Crippen molar-refractivity contribution in [2.75, 3.05) is 5.43 Å². The lowest BCUT2D eigenvalue weighted by Gasteiger charge is -2.03. The minimum Gasteiger partial charge on any atom is -0.273 e. The van der Waals surface area contributed by atoms with E-state index in [-0.39, 0.29) is 10.7 Å². The Kier molecular flexibility index (Phi) is 3.76. The first-order valence-corrected chi connectivity index (χ1v) is 4.24. The van der Waals surface area contributed by atoms with E-state index in [1.54, 1.807) is 0 Å². The van der Waals surface area contributed by atoms with E-state index in [4.69, 9.17) is 22.1 Å². The van der Waals surface area contributed by atoms with Gasteiger partial charge in [-0.3, -0.25) is 5.43 Å². The van der Waals surface area contributed by atoms with Gasteiger partial charge in [0.1, 0.15) is 12.1 Å². The van der Waals surface area contributed by atoms with Crippen molar-refractivity contribution in [3.05, 3.63) is 28.8 Å². The van der Waals surface area contributed by atoms with Crippen molar-refractivity contribution in [1.29, 1.82) is 10.5 Å². The van der Waals surface area contributed by atoms with E-state index in [0.29, 0.717) is 0 Å². The minimum absolute atomic E-state index is 0.0351. The molecular weight excluding hydrogens is 238 g/mol. The van der Waals surface area contributed by atoms with Crippen LogP contribution in [0.3, 0.4) is 0 Å². The summed E-state index contributed by atoms with van der Waals surface area (Å²) in [6.07, 6.45) is 0. The Morgan fingerprint density at radius 1 is 1.31 bits per heavy atom. The fourth-order valence-electron chi connectivity index (χ4n) is 0.828. The highest BCUT2D eigenvalue weighted by atomic mass is 35.5. The third-order valence-corrected chi connectivity index (χ3v) is 1.71. The lowest BCUT2D eigenvalue weighted by Crippen LogP contribution is -1.99. The average Bonchev–Trinajstić information content (AvgIpc) is 2.26. The van der Waals surface area contributed by atoms with E-state index in [0.717, 1.165) is 12.1 Å². The van der Waals surface area contributed by atoms with Crippen molar-refractivity contribution >= 4 is 23.0 Å². The van der Waals surface area contributed by atoms with Gasteiger partial charge in [0.25, 0.3) is 0 Å². The number of anilines is 1. The Balaban J connectivity index is 3.05. The van der Waals surface area contributed by atoms with E-state index in [9.17, 15) is 8.78 Å². The number of hydrogen-bond acceptors (Lipinski definition) is 4. The highest BCUT2D eigenvalue weighted by Crippen LogP contribution is 2.22. The standard InChI is InChI=1S/C9H3ClF2N4/c10-5-1-7(11)9(12)8(2-5)16-15-6(3-13)4-14/h1-2,16H. The van der Waals surface area contributed by atoms with Gasteiger partial charge in [-0.15, -0.1) is 0 Å². The van der Waals surface area contributed by atoms with Crippen LogP contribution in [0.25, 0.3) is 0 Å². The molecule has 0 fully saturated rings. The molecule has 0 radical (unpaired) electrons. The largest absolute Gasteiger partial charge is 0.273 e. The molecule has 16 heavy (non-hydrogen) atoms. The van der Waals surface area contributed by atoms with Crippen molar-refractivity contribution in [1.82, 2.24) is 0 Å². The zero-order valence-corrected chi connectivity index (χ0v) is 8.39. The molecule has 0 aliphatic heterocycles. The zero-order valence-electron chi connectivity index (χ0n) is 7.63. The Morgan fingerprint density at radius 3 is 2.50 bits per heavy atom. The summed E-state index contributed by atoms with van der Waals surface area (Å²) in [5.41, 5.74) is 1.17. The number of nitrogens with one attached hydrogen (secondary N) is 1. The lowest BCUT2D eigenvalue weighted by atomic mass is 10.3. The molecule has 0 aliphatic carbocycles. The second kappa shape index (κ2) is 5.06. The zero-order chi connectivity index (χ0) is 12.1. The van der Waals surface area contributed by atoms with E-state index in [2.05, 4.69) is 5.10 Å². The van der Waals surface area contributed by atoms with Crippen LogP contribution in [-0.4, -0.2) is 5.71 Å². The quantitative estimate of drug-likeness (QED) is 0.490. The molecule has 0 aliphatic rings. The molecule has 0 heterocycles. The summed E-state index contributed by atoms with van der Waals surface area (Å²) < 4.78 is 26.0. The fraction of sp³-hybridized carbons (Fsp3) is 0. The number of hydrazone groups is 1. The molecule has 4 nitrogen and oxygen atoms in total. The first-order chi connectivity index (χ1) is 7.58. The van der Waals surface area contributed by atoms with Crippen LogP contribution in [0.5, 0.6) is 0 Å². The average molecular weight is 241 g/mol. The molecule has 1 N–H and O–H groups in total. The van der Waals surface area contributed by atoms with Crippen LogP contribution < -0.4 is 5.43 Å². The maximum Gasteiger partial charge on any atom is 0.237 e. The number of halogens is 3. The van der Waals surface area contributed by atoms with Gasteiger partial charge in [-0.2, -0.15) is 15.6 Å². The maximum absolute atomic E-state index is 13.1. The molecular formula is C9H3ClF2N4. The van der Waals surface area contributed by atoms with E-state index >= 15 is 0 Å². The molecule has 0 spiro atoms. The molecule has 0 aromatic heterocycles. The molecule has 0 bridgehead atoms. The van der Waals surface area contributed by atoms with Gasteiger partial charge >= 0.3 is 0 Å². The van der Waals surface area contributed by atoms with Crippen LogP contribution in [0.1, 0.15) is 0 Å². The molecule has 1 aromatic carbocycles. The minimum atomic E-state index is -1.19. The molecule has 0 saturated heterocycles. The molecule has 0 unspecified atom stereocenters. The molecule has 0 amide bonds. The first-order valence-electron chi connectivity index (χ1n) is 3.87. The van der Waals surface area contributed by atoms with Crippen molar-refractivity contribution in [3.8, 4) is 12.1 Å². The van der Waals surface area contributed by atoms with Crippen molar-refractivity contribution in [3.63, 3.8) is 0 Å². The molecule has 0 atom stereocenters. The van der Waals surface area contributed by atoms with Gasteiger partial charge < -0.3 is 0 Å². The Bertz CT molecular complexity index is 512. The molecule has 7 heteroatoms. The van der Waals surface area contributed by atoms with E-state index < -0.39 is 17.3 Å². The summed E-state index contributed by atoms with van der Waals surface area (Å²) in [6.45, 7) is 0. The van der Waals surface area contributed by atoms with Crippen molar-refractivity contribution in [2.45, 2.75) is 0 Å². The van der Waals surface area contributed by atoms with Crippen LogP contribution in [0.15, 0.2) is 17.2 Å². The van der Waals surface area contributed by atoms with Gasteiger partial charge in [-0.25, -0.2) is 8.78 Å². The van der Waals surface area contributed by atoms with Gasteiger partial charge in [0.05, 0.1) is 5.69 Å². The summed E-state index contributed by atoms with van der Waals surface area (Å²) in [5.74, 6) is -2.34. The van der Waals surface area contributed by atoms with Crippen LogP contribution in [0.2, 0.25) is 5.02 Å². The second-order valence-electron chi connectivity index (χ2n) is 2.54. The van der Waals surface area contributed by atoms with Gasteiger partial charge in [0.2, 0.25) is 5.71 Å². The fourth-order valence-corrected chi connectivity index (χ4v) is 1.03. The molecule has 80 valence electrons. The SMILES string of the molecule is N#CC(C#N)=NNc1cc(Cl)cc(F)c1F. The summed E-state index contributed by atoms with van der Waals surface area (Å²) in [4.78, 5) is 0. The van der Waals surface area contributed by atoms with Gasteiger partial charge in [0.15, 0.2) is 11.6 Å². The normalized spacial score (nSPS) is 8.81. The summed E-state index contributed by atoms with van der Waals surface area (Å²) in [6, 6.07) is 4.77. The smallest absolute Gasteiger partial charge is 0.237 e. The Labute approximate surface area is 94.4 Å². The summed E-state index contributed by atoms with van der Waals surface area (Å²) in [5, 5.41) is 19.9. The highest BCUT2D eigenvalue weighted by molar-refractivity contribution is 6.30. The van der Waals surface area contributed by atoms with Crippen LogP contribution in [-0.2, 0) is 0 Å². The Morgan fingerprint density at radius 2 is 1.94 bits per heavy atom. The number of hydrogen-bond donors (Lipinski definition) is 1. The van der Waals surface area contributed by atoms with E-state index in [1.807, 2.05) is 5.43 Å². The highest BCUT2D eigenvalue weighted by Gasteiger charge is 2.09. The first kappa shape index (κ1) is 11.9. The van der Waals surface area contributed by atoms with E-state index in [1.165, 1.54) is 12.1 Å². The van der Waals surface area contributed by atoms with Crippen LogP contribution >= 0.6 is 11.6 Å². The Hall–Kier alpha value is -2.18. The number of rotatable bonds is 2. The third-order valence-electron chi connectivity index (χ3n) is 1.49. The van der Waals surface area contributed by atoms with Crippen LogP contribution in [0.4, 0.5) is 14.5 Å². The van der Waals surface area contributed by atoms with Crippen molar-refractivity contribution < 1.29 is 8.78 Å². The summed E-state index contributed by atoms with van der Waals surface area (Å²) in [7, 11) is 0. The second-order valence-corrected chi connectivity index (χ2v) is 2.98. The van der Waals surface area contributed by atoms with Crippen molar-refractivity contribution in [2.24, 2.45) is 5.10 Å². The molecule has 1 aromatic rings. The van der Waals surface area contributed by atoms with Crippen LogP contribution in [0, 0.1) is 34.3 Å². The number of nitrogens with zero attached hydrogens (tertiary/aromatic N) is 3. The topological polar surface area (TPSA) is 72.0 Å². The lowest BCUT2D eigenvalue weighted by molar-refractivity contribution is 0.511. The third kappa shape index (κ3) is 2.66. The monoisotopic (exact) mass is 240 g/mol. The summed E-state index contributed by atoms with van der Waals surface area (Å²) >= 11 is 5.48.